The molecular weight excluding hydrogens is 382 g/mol. The van der Waals surface area contributed by atoms with Gasteiger partial charge in [0.15, 0.2) is 5.69 Å². The molecule has 3 N–H and O–H groups in total. The molecule has 0 unspecified atom stereocenters. The Kier molecular flexibility index (Phi) is 8.26. The predicted molar refractivity (Wildman–Crippen MR) is 123 cm³/mol. The summed E-state index contributed by atoms with van der Waals surface area (Å²) in [6, 6.07) is 7.22. The second-order valence-corrected chi connectivity index (χ2v) is 7.61. The molecule has 2 aromatic rings. The van der Waals surface area contributed by atoms with Gasteiger partial charge < -0.3 is 15.5 Å². The minimum Gasteiger partial charge on any atom is -0.383 e. The zero-order chi connectivity index (χ0) is 22.3. The van der Waals surface area contributed by atoms with Gasteiger partial charge in [-0.05, 0) is 31.0 Å². The van der Waals surface area contributed by atoms with Gasteiger partial charge in [-0.15, -0.1) is 0 Å². The smallest absolute Gasteiger partial charge is 0.330 e. The molecule has 2 rings (SSSR count). The maximum atomic E-state index is 13.4. The minimum absolute atomic E-state index is 0.0332. The van der Waals surface area contributed by atoms with E-state index in [4.69, 9.17) is 5.73 Å². The molecule has 30 heavy (non-hydrogen) atoms. The van der Waals surface area contributed by atoms with Gasteiger partial charge in [-0.25, -0.2) is 4.79 Å². The van der Waals surface area contributed by atoms with Crippen LogP contribution in [0.25, 0.3) is 0 Å². The SMILES string of the molecule is CCCCCN(C(=O)c1cccc(N(C)C)c1)c1c(N)n(CCCC)c(=O)[nH]c1=O. The van der Waals surface area contributed by atoms with Crippen LogP contribution in [0.1, 0.15) is 56.3 Å². The fourth-order valence-electron chi connectivity index (χ4n) is 3.28. The maximum Gasteiger partial charge on any atom is 0.330 e. The van der Waals surface area contributed by atoms with Gasteiger partial charge in [0, 0.05) is 38.4 Å². The van der Waals surface area contributed by atoms with Crippen LogP contribution in [0.5, 0.6) is 0 Å². The predicted octanol–water partition coefficient (Wildman–Crippen LogP) is 2.82. The summed E-state index contributed by atoms with van der Waals surface area (Å²) in [5.74, 6) is -0.279. The third kappa shape index (κ3) is 5.31. The summed E-state index contributed by atoms with van der Waals surface area (Å²) in [7, 11) is 3.80. The Bertz CT molecular complexity index is 977. The summed E-state index contributed by atoms with van der Waals surface area (Å²) in [6.45, 7) is 4.81. The summed E-state index contributed by atoms with van der Waals surface area (Å²) in [6.07, 6.45) is 4.22. The molecule has 0 aliphatic rings. The van der Waals surface area contributed by atoms with Crippen LogP contribution in [0.2, 0.25) is 0 Å². The number of carbonyl (C=O) groups excluding carboxylic acids is 1. The molecule has 164 valence electrons. The Labute approximate surface area is 177 Å². The molecule has 0 saturated heterocycles. The van der Waals surface area contributed by atoms with Crippen molar-refractivity contribution in [3.05, 3.63) is 50.7 Å². The van der Waals surface area contributed by atoms with Crippen molar-refractivity contribution in [2.24, 2.45) is 0 Å². The highest BCUT2D eigenvalue weighted by atomic mass is 16.2. The van der Waals surface area contributed by atoms with Gasteiger partial charge in [-0.2, -0.15) is 0 Å². The summed E-state index contributed by atoms with van der Waals surface area (Å²) in [5.41, 5.74) is 6.46. The van der Waals surface area contributed by atoms with Crippen LogP contribution in [-0.2, 0) is 6.54 Å². The number of hydrogen-bond acceptors (Lipinski definition) is 5. The lowest BCUT2D eigenvalue weighted by molar-refractivity contribution is 0.0986. The number of amides is 1. The molecule has 1 aromatic carbocycles. The Morgan fingerprint density at radius 2 is 1.80 bits per heavy atom. The molecule has 0 bridgehead atoms. The number of nitrogens with two attached hydrogens (primary N) is 1. The highest BCUT2D eigenvalue weighted by Gasteiger charge is 2.25. The fourth-order valence-corrected chi connectivity index (χ4v) is 3.28. The fraction of sp³-hybridized carbons (Fsp3) is 0.500. The molecule has 0 saturated carbocycles. The Morgan fingerprint density at radius 1 is 1.10 bits per heavy atom. The van der Waals surface area contributed by atoms with Crippen LogP contribution in [0, 0.1) is 0 Å². The third-order valence-electron chi connectivity index (χ3n) is 5.06. The average molecular weight is 416 g/mol. The van der Waals surface area contributed by atoms with E-state index in [-0.39, 0.29) is 17.4 Å². The van der Waals surface area contributed by atoms with E-state index in [0.29, 0.717) is 18.7 Å². The highest BCUT2D eigenvalue weighted by molar-refractivity contribution is 6.07. The van der Waals surface area contributed by atoms with Crippen LogP contribution in [-0.4, -0.2) is 36.1 Å². The number of nitrogens with one attached hydrogen (secondary N) is 1. The monoisotopic (exact) mass is 415 g/mol. The number of benzene rings is 1. The number of unbranched alkanes of at least 4 members (excludes halogenated alkanes) is 3. The number of H-pyrrole nitrogens is 1. The molecule has 0 spiro atoms. The summed E-state index contributed by atoms with van der Waals surface area (Å²) < 4.78 is 1.34. The lowest BCUT2D eigenvalue weighted by Gasteiger charge is -2.25. The first-order valence-electron chi connectivity index (χ1n) is 10.5. The molecule has 8 nitrogen and oxygen atoms in total. The van der Waals surface area contributed by atoms with Crippen LogP contribution in [0.15, 0.2) is 33.9 Å². The van der Waals surface area contributed by atoms with Crippen LogP contribution in [0.4, 0.5) is 17.2 Å². The summed E-state index contributed by atoms with van der Waals surface area (Å²) in [5, 5.41) is 0. The lowest BCUT2D eigenvalue weighted by Crippen LogP contribution is -2.41. The van der Waals surface area contributed by atoms with Gasteiger partial charge in [-0.3, -0.25) is 19.1 Å². The Morgan fingerprint density at radius 3 is 2.43 bits per heavy atom. The molecule has 0 aliphatic carbocycles. The third-order valence-corrected chi connectivity index (χ3v) is 5.06. The molecule has 0 aliphatic heterocycles. The number of rotatable bonds is 10. The molecular formula is C22H33N5O3. The zero-order valence-electron chi connectivity index (χ0n) is 18.4. The van der Waals surface area contributed by atoms with Crippen LogP contribution < -0.4 is 26.8 Å². The molecule has 0 fully saturated rings. The Balaban J connectivity index is 2.56. The van der Waals surface area contributed by atoms with Gasteiger partial charge >= 0.3 is 5.69 Å². The zero-order valence-corrected chi connectivity index (χ0v) is 18.4. The van der Waals surface area contributed by atoms with Crippen molar-refractivity contribution in [3.63, 3.8) is 0 Å². The quantitative estimate of drug-likeness (QED) is 0.581. The average Bonchev–Trinajstić information content (AvgIpc) is 2.72. The van der Waals surface area contributed by atoms with E-state index in [0.717, 1.165) is 37.8 Å². The summed E-state index contributed by atoms with van der Waals surface area (Å²) >= 11 is 0. The molecule has 1 heterocycles. The first kappa shape index (κ1) is 23.3. The number of nitrogen functional groups attached to an aromatic ring is 1. The first-order valence-corrected chi connectivity index (χ1v) is 10.5. The summed E-state index contributed by atoms with van der Waals surface area (Å²) in [4.78, 5) is 44.1. The standard InChI is InChI=1S/C22H33N5O3/c1-5-7-9-14-26(21(29)16-11-10-12-17(15-16)25(3)4)18-19(23)27(13-8-6-2)22(30)24-20(18)28/h10-12,15H,5-9,13-14,23H2,1-4H3,(H,24,28,30). The largest absolute Gasteiger partial charge is 0.383 e. The van der Waals surface area contributed by atoms with Gasteiger partial charge in [0.25, 0.3) is 11.5 Å². The minimum atomic E-state index is -0.640. The van der Waals surface area contributed by atoms with E-state index in [1.54, 1.807) is 12.1 Å². The highest BCUT2D eigenvalue weighted by Crippen LogP contribution is 2.22. The van der Waals surface area contributed by atoms with Crippen molar-refractivity contribution >= 4 is 23.1 Å². The molecule has 1 amide bonds. The Hall–Kier alpha value is -3.03. The van der Waals surface area contributed by atoms with Crippen molar-refractivity contribution in [1.29, 1.82) is 0 Å². The van der Waals surface area contributed by atoms with Gasteiger partial charge in [0.05, 0.1) is 0 Å². The van der Waals surface area contributed by atoms with Crippen LogP contribution in [0.3, 0.4) is 0 Å². The number of anilines is 3. The van der Waals surface area contributed by atoms with Crippen molar-refractivity contribution in [2.75, 3.05) is 36.2 Å². The van der Waals surface area contributed by atoms with E-state index in [9.17, 15) is 14.4 Å². The normalized spacial score (nSPS) is 10.8. The number of carbonyl (C=O) groups is 1. The number of aromatic nitrogens is 2. The van der Waals surface area contributed by atoms with Crippen molar-refractivity contribution in [1.82, 2.24) is 9.55 Å². The van der Waals surface area contributed by atoms with E-state index in [2.05, 4.69) is 11.9 Å². The van der Waals surface area contributed by atoms with Gasteiger partial charge in [0.2, 0.25) is 0 Å². The number of nitrogens with zero attached hydrogens (tertiary/aromatic N) is 3. The molecule has 0 radical (unpaired) electrons. The number of aromatic amines is 1. The van der Waals surface area contributed by atoms with Crippen molar-refractivity contribution < 1.29 is 4.79 Å². The molecule has 0 atom stereocenters. The van der Waals surface area contributed by atoms with E-state index in [1.165, 1.54) is 9.47 Å². The maximum absolute atomic E-state index is 13.4. The van der Waals surface area contributed by atoms with Gasteiger partial charge in [-0.1, -0.05) is 39.2 Å². The second-order valence-electron chi connectivity index (χ2n) is 7.61. The molecule has 1 aromatic heterocycles. The number of hydrogen-bond donors (Lipinski definition) is 2. The molecule has 8 heteroatoms. The van der Waals surface area contributed by atoms with Crippen LogP contribution >= 0.6 is 0 Å². The second kappa shape index (κ2) is 10.7. The van der Waals surface area contributed by atoms with Crippen molar-refractivity contribution in [2.45, 2.75) is 52.5 Å². The van der Waals surface area contributed by atoms with Crippen molar-refractivity contribution in [3.8, 4) is 0 Å². The lowest BCUT2D eigenvalue weighted by atomic mass is 10.1. The van der Waals surface area contributed by atoms with E-state index in [1.807, 2.05) is 38.1 Å². The van der Waals surface area contributed by atoms with Gasteiger partial charge in [0.1, 0.15) is 5.82 Å². The first-order chi connectivity index (χ1) is 14.3. The topological polar surface area (TPSA) is 104 Å². The van der Waals surface area contributed by atoms with E-state index >= 15 is 0 Å². The van der Waals surface area contributed by atoms with E-state index < -0.39 is 11.2 Å².